The lowest BCUT2D eigenvalue weighted by molar-refractivity contribution is 1.18. The van der Waals surface area contributed by atoms with Crippen molar-refractivity contribution in [3.05, 3.63) is 194 Å². The number of para-hydroxylation sites is 2. The molecule has 4 nitrogen and oxygen atoms in total. The predicted octanol–water partition coefficient (Wildman–Crippen LogP) is 13.7. The Hall–Kier alpha value is -7.21. The van der Waals surface area contributed by atoms with Crippen LogP contribution in [0.2, 0.25) is 0 Å². The summed E-state index contributed by atoms with van der Waals surface area (Å²) in [7, 11) is 0. The molecule has 0 aliphatic rings. The second-order valence-corrected chi connectivity index (χ2v) is 15.1. The summed E-state index contributed by atoms with van der Waals surface area (Å²) in [5.41, 5.74) is 12.9. The van der Waals surface area contributed by atoms with E-state index in [1.54, 1.807) is 11.3 Å². The van der Waals surface area contributed by atoms with E-state index < -0.39 is 0 Å². The molecular weight excluding hydrogens is 701 g/mol. The number of hydrogen-bond donors (Lipinski definition) is 0. The number of rotatable bonds is 6. The van der Waals surface area contributed by atoms with E-state index in [0.29, 0.717) is 5.82 Å². The van der Waals surface area contributed by atoms with Gasteiger partial charge in [-0.05, 0) is 70.4 Å². The summed E-state index contributed by atoms with van der Waals surface area (Å²) in [6.07, 6.45) is 0. The van der Waals surface area contributed by atoms with Gasteiger partial charge in [-0.2, -0.15) is 0 Å². The van der Waals surface area contributed by atoms with Crippen LogP contribution in [0, 0.1) is 0 Å². The monoisotopic (exact) mass is 732 g/mol. The Morgan fingerprint density at radius 2 is 1.00 bits per heavy atom. The molecule has 0 bridgehead atoms. The van der Waals surface area contributed by atoms with Crippen molar-refractivity contribution in [1.29, 1.82) is 0 Å². The maximum absolute atomic E-state index is 5.04. The van der Waals surface area contributed by atoms with Crippen LogP contribution < -0.4 is 0 Å². The van der Waals surface area contributed by atoms with Crippen molar-refractivity contribution >= 4 is 54.1 Å². The first-order valence-corrected chi connectivity index (χ1v) is 19.6. The number of fused-ring (bicyclic) bond motifs is 5. The predicted molar refractivity (Wildman–Crippen MR) is 234 cm³/mol. The van der Waals surface area contributed by atoms with Gasteiger partial charge in [0.15, 0.2) is 5.82 Å². The van der Waals surface area contributed by atoms with E-state index in [4.69, 9.17) is 15.0 Å². The summed E-state index contributed by atoms with van der Waals surface area (Å²) in [6, 6.07) is 68.7. The van der Waals surface area contributed by atoms with Crippen molar-refractivity contribution in [1.82, 2.24) is 19.5 Å². The van der Waals surface area contributed by atoms with Gasteiger partial charge in [-0.1, -0.05) is 146 Å². The molecule has 56 heavy (non-hydrogen) atoms. The molecule has 0 saturated heterocycles. The lowest BCUT2D eigenvalue weighted by Crippen LogP contribution is -1.95. The Morgan fingerprint density at radius 1 is 0.375 bits per heavy atom. The zero-order chi connectivity index (χ0) is 37.0. The first-order chi connectivity index (χ1) is 27.7. The van der Waals surface area contributed by atoms with Crippen LogP contribution in [0.4, 0.5) is 0 Å². The van der Waals surface area contributed by atoms with Gasteiger partial charge in [0.25, 0.3) is 0 Å². The fourth-order valence-electron chi connectivity index (χ4n) is 7.83. The van der Waals surface area contributed by atoms with Crippen LogP contribution in [0.5, 0.6) is 0 Å². The van der Waals surface area contributed by atoms with Crippen molar-refractivity contribution in [2.75, 3.05) is 0 Å². The SMILES string of the molecule is c1ccc(-c2cc(-c3ccc(-c4ccc5ccc(-n6c7ccccc7c7ccc(-c8nc9ccccc9s8)cc76)cc5c4)cc3)nc(-c3ccccc3)n2)cc1. The molecule has 262 valence electrons. The fraction of sp³-hybridized carbons (Fsp3) is 0. The highest BCUT2D eigenvalue weighted by atomic mass is 32.1. The molecule has 11 rings (SSSR count). The number of nitrogens with zero attached hydrogens (tertiary/aromatic N) is 4. The minimum absolute atomic E-state index is 0.715. The topological polar surface area (TPSA) is 43.6 Å². The number of aromatic nitrogens is 4. The van der Waals surface area contributed by atoms with Crippen molar-refractivity contribution in [3.8, 4) is 61.3 Å². The van der Waals surface area contributed by atoms with Crippen LogP contribution in [0.15, 0.2) is 194 Å². The van der Waals surface area contributed by atoms with Gasteiger partial charge < -0.3 is 4.57 Å². The first-order valence-electron chi connectivity index (χ1n) is 18.8. The summed E-state index contributed by atoms with van der Waals surface area (Å²) in [5, 5.41) is 5.89. The molecule has 0 radical (unpaired) electrons. The average Bonchev–Trinajstić information content (AvgIpc) is 3.86. The summed E-state index contributed by atoms with van der Waals surface area (Å²) < 4.78 is 3.60. The Kier molecular flexibility index (Phi) is 7.64. The standard InChI is InChI=1S/C51H32N4S/c1-3-11-35(12-4-1)45-32-46(53-50(52-45)37-13-5-2-6-14-37)36-22-19-33(20-23-36)38-24-21-34-25-27-41(30-40(34)29-38)55-47-17-9-7-15-42(47)43-28-26-39(31-48(43)55)51-54-44-16-8-10-18-49(44)56-51/h1-32H. The Labute approximate surface area is 327 Å². The molecular formula is C51H32N4S. The molecule has 3 aromatic heterocycles. The lowest BCUT2D eigenvalue weighted by Gasteiger charge is -2.12. The van der Waals surface area contributed by atoms with E-state index in [9.17, 15) is 0 Å². The van der Waals surface area contributed by atoms with Crippen LogP contribution in [0.25, 0.3) is 104 Å². The van der Waals surface area contributed by atoms with E-state index in [1.165, 1.54) is 42.8 Å². The number of thiazole rings is 1. The molecule has 0 saturated carbocycles. The second kappa shape index (κ2) is 13.3. The maximum atomic E-state index is 5.04. The fourth-order valence-corrected chi connectivity index (χ4v) is 8.79. The third-order valence-corrected chi connectivity index (χ3v) is 11.7. The normalized spacial score (nSPS) is 11.6. The third kappa shape index (κ3) is 5.65. The summed E-state index contributed by atoms with van der Waals surface area (Å²) >= 11 is 1.74. The second-order valence-electron chi connectivity index (χ2n) is 14.1. The summed E-state index contributed by atoms with van der Waals surface area (Å²) in [6.45, 7) is 0. The van der Waals surface area contributed by atoms with E-state index in [0.717, 1.165) is 55.4 Å². The Morgan fingerprint density at radius 3 is 1.80 bits per heavy atom. The van der Waals surface area contributed by atoms with Gasteiger partial charge in [0, 0.05) is 38.7 Å². The minimum Gasteiger partial charge on any atom is -0.309 e. The van der Waals surface area contributed by atoms with Crippen LogP contribution in [-0.4, -0.2) is 19.5 Å². The van der Waals surface area contributed by atoms with E-state index in [-0.39, 0.29) is 0 Å². The number of hydrogen-bond acceptors (Lipinski definition) is 4. The van der Waals surface area contributed by atoms with Crippen molar-refractivity contribution in [2.24, 2.45) is 0 Å². The minimum atomic E-state index is 0.715. The summed E-state index contributed by atoms with van der Waals surface area (Å²) in [4.78, 5) is 15.0. The molecule has 0 fully saturated rings. The molecule has 0 amide bonds. The van der Waals surface area contributed by atoms with Crippen LogP contribution in [0.1, 0.15) is 0 Å². The molecule has 0 aliphatic heterocycles. The Bertz CT molecular complexity index is 3150. The van der Waals surface area contributed by atoms with Crippen LogP contribution in [-0.2, 0) is 0 Å². The molecule has 3 heterocycles. The molecule has 0 unspecified atom stereocenters. The van der Waals surface area contributed by atoms with Gasteiger partial charge in [-0.3, -0.25) is 0 Å². The first kappa shape index (κ1) is 32.2. The number of benzene rings is 8. The maximum Gasteiger partial charge on any atom is 0.160 e. The quantitative estimate of drug-likeness (QED) is 0.171. The molecule has 5 heteroatoms. The lowest BCUT2D eigenvalue weighted by atomic mass is 9.99. The van der Waals surface area contributed by atoms with Gasteiger partial charge >= 0.3 is 0 Å². The highest BCUT2D eigenvalue weighted by Crippen LogP contribution is 2.38. The van der Waals surface area contributed by atoms with Gasteiger partial charge in [0.2, 0.25) is 0 Å². The highest BCUT2D eigenvalue weighted by molar-refractivity contribution is 7.21. The van der Waals surface area contributed by atoms with Gasteiger partial charge in [0.05, 0.1) is 32.6 Å². The molecule has 11 aromatic rings. The van der Waals surface area contributed by atoms with Crippen molar-refractivity contribution < 1.29 is 0 Å². The molecule has 0 aliphatic carbocycles. The third-order valence-electron chi connectivity index (χ3n) is 10.6. The summed E-state index contributed by atoms with van der Waals surface area (Å²) in [5.74, 6) is 0.715. The smallest absolute Gasteiger partial charge is 0.160 e. The van der Waals surface area contributed by atoms with Crippen molar-refractivity contribution in [2.45, 2.75) is 0 Å². The molecule has 0 N–H and O–H groups in total. The largest absolute Gasteiger partial charge is 0.309 e. The van der Waals surface area contributed by atoms with Gasteiger partial charge in [-0.25, -0.2) is 15.0 Å². The van der Waals surface area contributed by atoms with E-state index in [2.05, 4.69) is 162 Å². The molecule has 0 atom stereocenters. The average molecular weight is 733 g/mol. The van der Waals surface area contributed by atoms with Crippen LogP contribution >= 0.6 is 11.3 Å². The van der Waals surface area contributed by atoms with Gasteiger partial charge in [-0.15, -0.1) is 11.3 Å². The molecule has 0 spiro atoms. The molecule has 8 aromatic carbocycles. The van der Waals surface area contributed by atoms with Crippen molar-refractivity contribution in [3.63, 3.8) is 0 Å². The van der Waals surface area contributed by atoms with E-state index in [1.807, 2.05) is 36.4 Å². The van der Waals surface area contributed by atoms with E-state index >= 15 is 0 Å². The van der Waals surface area contributed by atoms with Gasteiger partial charge in [0.1, 0.15) is 5.01 Å². The zero-order valence-electron chi connectivity index (χ0n) is 30.2. The van der Waals surface area contributed by atoms with Crippen LogP contribution in [0.3, 0.4) is 0 Å². The zero-order valence-corrected chi connectivity index (χ0v) is 31.0. The Balaban J connectivity index is 0.977. The highest BCUT2D eigenvalue weighted by Gasteiger charge is 2.16.